The summed E-state index contributed by atoms with van der Waals surface area (Å²) in [6.07, 6.45) is 5.36. The highest BCUT2D eigenvalue weighted by molar-refractivity contribution is 5.66. The number of aryl methyl sites for hydroxylation is 1. The summed E-state index contributed by atoms with van der Waals surface area (Å²) < 4.78 is 1.82. The zero-order valence-electron chi connectivity index (χ0n) is 13.3. The molecule has 5 heteroatoms. The second-order valence-corrected chi connectivity index (χ2v) is 5.71. The normalized spacial score (nSPS) is 10.9. The molecule has 4 aromatic rings. The minimum Gasteiger partial charge on any atom is -0.366 e. The average Bonchev–Trinajstić information content (AvgIpc) is 3.09. The van der Waals surface area contributed by atoms with E-state index in [1.54, 1.807) is 18.6 Å². The first kappa shape index (κ1) is 14.4. The van der Waals surface area contributed by atoms with Gasteiger partial charge in [0.2, 0.25) is 0 Å². The van der Waals surface area contributed by atoms with Crippen molar-refractivity contribution in [2.45, 2.75) is 13.5 Å². The molecule has 0 saturated carbocycles. The molecule has 0 spiro atoms. The quantitative estimate of drug-likeness (QED) is 0.624. The van der Waals surface area contributed by atoms with Gasteiger partial charge in [-0.25, -0.2) is 4.98 Å². The number of nitrogens with zero attached hydrogens (tertiary/aromatic N) is 4. The van der Waals surface area contributed by atoms with Crippen LogP contribution in [0.25, 0.3) is 16.9 Å². The summed E-state index contributed by atoms with van der Waals surface area (Å²) in [6.45, 7) is 2.79. The van der Waals surface area contributed by atoms with E-state index in [0.29, 0.717) is 6.54 Å². The van der Waals surface area contributed by atoms with Crippen molar-refractivity contribution in [2.24, 2.45) is 0 Å². The van der Waals surface area contributed by atoms with Gasteiger partial charge in [0.15, 0.2) is 5.65 Å². The number of aromatic nitrogens is 4. The summed E-state index contributed by atoms with van der Waals surface area (Å²) in [5.74, 6) is 0.915. The van der Waals surface area contributed by atoms with Crippen LogP contribution in [0.2, 0.25) is 0 Å². The number of nitrogens with one attached hydrogen (secondary N) is 1. The van der Waals surface area contributed by atoms with Crippen molar-refractivity contribution in [2.75, 3.05) is 5.32 Å². The van der Waals surface area contributed by atoms with Crippen LogP contribution in [0, 0.1) is 6.92 Å². The molecule has 24 heavy (non-hydrogen) atoms. The summed E-state index contributed by atoms with van der Waals surface area (Å²) in [5, 5.41) is 7.81. The Balaban J connectivity index is 1.72. The van der Waals surface area contributed by atoms with Gasteiger partial charge >= 0.3 is 0 Å². The highest BCUT2D eigenvalue weighted by Crippen LogP contribution is 2.23. The average molecular weight is 315 g/mol. The Morgan fingerprint density at radius 3 is 2.71 bits per heavy atom. The Labute approximate surface area is 140 Å². The standard InChI is InChI=1S/C19H17N5/c1-14-3-2-4-16(11-14)17-12-19(24-18(23-17)7-10-22-24)21-13-15-5-8-20-9-6-15/h2-12,21H,13H2,1H3. The Kier molecular flexibility index (Phi) is 3.67. The van der Waals surface area contributed by atoms with Gasteiger partial charge in [-0.3, -0.25) is 4.98 Å². The molecule has 0 fully saturated rings. The SMILES string of the molecule is Cc1cccc(-c2cc(NCc3ccncc3)n3nccc3n2)c1. The molecule has 0 saturated heterocycles. The van der Waals surface area contributed by atoms with Crippen LogP contribution >= 0.6 is 0 Å². The van der Waals surface area contributed by atoms with Gasteiger partial charge in [-0.2, -0.15) is 9.61 Å². The minimum atomic E-state index is 0.703. The first-order valence-corrected chi connectivity index (χ1v) is 7.84. The molecule has 0 amide bonds. The van der Waals surface area contributed by atoms with E-state index < -0.39 is 0 Å². The molecule has 1 aromatic carbocycles. The lowest BCUT2D eigenvalue weighted by Crippen LogP contribution is -2.06. The maximum atomic E-state index is 4.71. The van der Waals surface area contributed by atoms with Crippen LogP contribution in [-0.2, 0) is 6.54 Å². The third-order valence-corrected chi connectivity index (χ3v) is 3.90. The van der Waals surface area contributed by atoms with E-state index in [1.165, 1.54) is 11.1 Å². The van der Waals surface area contributed by atoms with Crippen molar-refractivity contribution in [3.63, 3.8) is 0 Å². The zero-order valence-corrected chi connectivity index (χ0v) is 13.3. The lowest BCUT2D eigenvalue weighted by molar-refractivity contribution is 0.926. The lowest BCUT2D eigenvalue weighted by Gasteiger charge is -2.11. The van der Waals surface area contributed by atoms with E-state index in [-0.39, 0.29) is 0 Å². The number of hydrogen-bond donors (Lipinski definition) is 1. The van der Waals surface area contributed by atoms with Gasteiger partial charge in [0.25, 0.3) is 0 Å². The minimum absolute atomic E-state index is 0.703. The van der Waals surface area contributed by atoms with Crippen LogP contribution in [0.15, 0.2) is 67.1 Å². The molecule has 5 nitrogen and oxygen atoms in total. The molecule has 3 heterocycles. The molecule has 3 aromatic heterocycles. The molecule has 4 rings (SSSR count). The lowest BCUT2D eigenvalue weighted by atomic mass is 10.1. The third kappa shape index (κ3) is 2.84. The van der Waals surface area contributed by atoms with Crippen LogP contribution in [0.3, 0.4) is 0 Å². The fourth-order valence-electron chi connectivity index (χ4n) is 2.68. The summed E-state index contributed by atoms with van der Waals surface area (Å²) in [4.78, 5) is 8.76. The molecule has 1 N–H and O–H groups in total. The maximum Gasteiger partial charge on any atom is 0.157 e. The number of anilines is 1. The summed E-state index contributed by atoms with van der Waals surface area (Å²) in [7, 11) is 0. The van der Waals surface area contributed by atoms with Crippen molar-refractivity contribution in [3.8, 4) is 11.3 Å². The van der Waals surface area contributed by atoms with Crippen molar-refractivity contribution >= 4 is 11.5 Å². The molecule has 0 atom stereocenters. The molecule has 118 valence electrons. The first-order chi connectivity index (χ1) is 11.8. The largest absolute Gasteiger partial charge is 0.366 e. The van der Waals surface area contributed by atoms with E-state index in [1.807, 2.05) is 28.8 Å². The Morgan fingerprint density at radius 2 is 1.88 bits per heavy atom. The number of rotatable bonds is 4. The van der Waals surface area contributed by atoms with Crippen molar-refractivity contribution < 1.29 is 0 Å². The van der Waals surface area contributed by atoms with Crippen LogP contribution in [0.1, 0.15) is 11.1 Å². The maximum absolute atomic E-state index is 4.71. The van der Waals surface area contributed by atoms with Crippen molar-refractivity contribution in [1.29, 1.82) is 0 Å². The second kappa shape index (κ2) is 6.12. The van der Waals surface area contributed by atoms with Crippen LogP contribution in [0.5, 0.6) is 0 Å². The van der Waals surface area contributed by atoms with E-state index >= 15 is 0 Å². The topological polar surface area (TPSA) is 55.1 Å². The van der Waals surface area contributed by atoms with Crippen molar-refractivity contribution in [3.05, 3.63) is 78.2 Å². The molecular weight excluding hydrogens is 298 g/mol. The van der Waals surface area contributed by atoms with E-state index in [4.69, 9.17) is 4.98 Å². The fraction of sp³-hybridized carbons (Fsp3) is 0.105. The molecular formula is C19H17N5. The molecule has 0 aliphatic rings. The molecule has 0 aliphatic heterocycles. The van der Waals surface area contributed by atoms with E-state index in [0.717, 1.165) is 22.7 Å². The fourth-order valence-corrected chi connectivity index (χ4v) is 2.68. The van der Waals surface area contributed by atoms with Crippen molar-refractivity contribution in [1.82, 2.24) is 19.6 Å². The Morgan fingerprint density at radius 1 is 1.00 bits per heavy atom. The highest BCUT2D eigenvalue weighted by Gasteiger charge is 2.08. The van der Waals surface area contributed by atoms with Crippen LogP contribution in [-0.4, -0.2) is 19.6 Å². The third-order valence-electron chi connectivity index (χ3n) is 3.90. The molecule has 0 unspecified atom stereocenters. The zero-order chi connectivity index (χ0) is 16.4. The van der Waals surface area contributed by atoms with Gasteiger partial charge in [-0.05, 0) is 30.7 Å². The van der Waals surface area contributed by atoms with Gasteiger partial charge in [-0.1, -0.05) is 23.8 Å². The summed E-state index contributed by atoms with van der Waals surface area (Å²) >= 11 is 0. The summed E-state index contributed by atoms with van der Waals surface area (Å²) in [6, 6.07) is 16.3. The monoisotopic (exact) mass is 315 g/mol. The predicted molar refractivity (Wildman–Crippen MR) is 94.7 cm³/mol. The van der Waals surface area contributed by atoms with E-state index in [9.17, 15) is 0 Å². The smallest absolute Gasteiger partial charge is 0.157 e. The Bertz CT molecular complexity index is 975. The molecule has 0 radical (unpaired) electrons. The van der Waals surface area contributed by atoms with Gasteiger partial charge in [0.05, 0.1) is 11.9 Å². The number of benzene rings is 1. The van der Waals surface area contributed by atoms with Gasteiger partial charge < -0.3 is 5.32 Å². The first-order valence-electron chi connectivity index (χ1n) is 7.84. The molecule has 0 aliphatic carbocycles. The van der Waals surface area contributed by atoms with Gasteiger partial charge in [-0.15, -0.1) is 0 Å². The highest BCUT2D eigenvalue weighted by atomic mass is 15.3. The van der Waals surface area contributed by atoms with Crippen LogP contribution < -0.4 is 5.32 Å². The van der Waals surface area contributed by atoms with Gasteiger partial charge in [0.1, 0.15) is 5.82 Å². The number of pyridine rings is 1. The Hall–Kier alpha value is -3.21. The number of fused-ring (bicyclic) bond motifs is 1. The summed E-state index contributed by atoms with van der Waals surface area (Å²) in [5.41, 5.74) is 5.24. The second-order valence-electron chi connectivity index (χ2n) is 5.71. The number of hydrogen-bond acceptors (Lipinski definition) is 4. The van der Waals surface area contributed by atoms with E-state index in [2.05, 4.69) is 46.6 Å². The predicted octanol–water partition coefficient (Wildman–Crippen LogP) is 3.71. The molecule has 0 bridgehead atoms. The van der Waals surface area contributed by atoms with Crippen LogP contribution in [0.4, 0.5) is 5.82 Å². The van der Waals surface area contributed by atoms with Gasteiger partial charge in [0, 0.05) is 36.6 Å².